The molecule has 6 rings (SSSR count). The molecule has 0 radical (unpaired) electrons. The number of aromatic nitrogens is 5. The smallest absolute Gasteiger partial charge is 0.407 e. The lowest BCUT2D eigenvalue weighted by atomic mass is 9.96. The van der Waals surface area contributed by atoms with Crippen LogP contribution in [0.25, 0.3) is 22.0 Å². The summed E-state index contributed by atoms with van der Waals surface area (Å²) in [5, 5.41) is 22.8. The molecule has 4 heterocycles. The first-order valence-corrected chi connectivity index (χ1v) is 14.3. The van der Waals surface area contributed by atoms with Gasteiger partial charge >= 0.3 is 6.09 Å². The zero-order valence-corrected chi connectivity index (χ0v) is 24.4. The standard InChI is InChI=1S/C32H34N8O3/c1-20-16-23(19-40(18-20)32(41)42)36-31-34-14-11-28(37-31)26-7-5-13-33-30(26)43-29-21(2)9-10-24-25(29)6-4-8-27(24)35-17-22-12-15-39(3)38-22/h4-15,20,23,35H,16-19H2,1-3H3,(H,41,42)(H,34,36,37)/t20-,23+/m1/s1. The first kappa shape index (κ1) is 28.0. The van der Waals surface area contributed by atoms with Crippen molar-refractivity contribution in [2.45, 2.75) is 32.9 Å². The van der Waals surface area contributed by atoms with E-state index in [1.165, 1.54) is 4.90 Å². The molecule has 0 saturated carbocycles. The third kappa shape index (κ3) is 6.20. The molecule has 1 fully saturated rings. The van der Waals surface area contributed by atoms with Crippen molar-refractivity contribution in [3.63, 3.8) is 0 Å². The summed E-state index contributed by atoms with van der Waals surface area (Å²) in [5.74, 6) is 1.81. The SMILES string of the molecule is Cc1ccc2c(NCc3ccn(C)n3)cccc2c1Oc1ncccc1-c1ccnc(N[C@H]2C[C@@H](C)CN(C(=O)O)C2)n1. The number of piperidine rings is 1. The predicted octanol–water partition coefficient (Wildman–Crippen LogP) is 5.94. The number of pyridine rings is 1. The van der Waals surface area contributed by atoms with Gasteiger partial charge in [0.2, 0.25) is 11.8 Å². The molecule has 43 heavy (non-hydrogen) atoms. The van der Waals surface area contributed by atoms with Crippen LogP contribution in [0, 0.1) is 12.8 Å². The molecular formula is C32H34N8O3. The van der Waals surface area contributed by atoms with Gasteiger partial charge in [-0.25, -0.2) is 19.7 Å². The second-order valence-electron chi connectivity index (χ2n) is 11.0. The first-order valence-electron chi connectivity index (χ1n) is 14.3. The van der Waals surface area contributed by atoms with Crippen LogP contribution < -0.4 is 15.4 Å². The van der Waals surface area contributed by atoms with Crippen molar-refractivity contribution in [3.05, 3.63) is 84.4 Å². The number of amides is 1. The summed E-state index contributed by atoms with van der Waals surface area (Å²) < 4.78 is 8.36. The molecule has 11 nitrogen and oxygen atoms in total. The van der Waals surface area contributed by atoms with Crippen molar-refractivity contribution in [2.24, 2.45) is 13.0 Å². The number of rotatable bonds is 8. The number of ether oxygens (including phenoxy) is 1. The number of likely N-dealkylation sites (tertiary alicyclic amines) is 1. The summed E-state index contributed by atoms with van der Waals surface area (Å²) in [5.41, 5.74) is 4.29. The second-order valence-corrected chi connectivity index (χ2v) is 11.0. The fourth-order valence-corrected chi connectivity index (χ4v) is 5.61. The number of fused-ring (bicyclic) bond motifs is 1. The molecule has 0 unspecified atom stereocenters. The van der Waals surface area contributed by atoms with Gasteiger partial charge in [-0.1, -0.05) is 31.2 Å². The van der Waals surface area contributed by atoms with E-state index in [-0.39, 0.29) is 12.0 Å². The van der Waals surface area contributed by atoms with Crippen molar-refractivity contribution in [1.29, 1.82) is 0 Å². The minimum Gasteiger partial charge on any atom is -0.465 e. The Morgan fingerprint density at radius 2 is 1.93 bits per heavy atom. The molecule has 3 aromatic heterocycles. The van der Waals surface area contributed by atoms with Crippen LogP contribution in [-0.4, -0.2) is 60.0 Å². The van der Waals surface area contributed by atoms with E-state index in [0.717, 1.165) is 45.5 Å². The summed E-state index contributed by atoms with van der Waals surface area (Å²) in [6.45, 7) is 5.58. The van der Waals surface area contributed by atoms with Gasteiger partial charge in [0.05, 0.1) is 23.5 Å². The minimum atomic E-state index is -0.912. The van der Waals surface area contributed by atoms with Gasteiger partial charge in [0.25, 0.3) is 0 Å². The van der Waals surface area contributed by atoms with Crippen molar-refractivity contribution in [2.75, 3.05) is 23.7 Å². The van der Waals surface area contributed by atoms with E-state index in [0.29, 0.717) is 37.2 Å². The Hall–Kier alpha value is -5.19. The highest BCUT2D eigenvalue weighted by atomic mass is 16.5. The van der Waals surface area contributed by atoms with Gasteiger partial charge in [-0.15, -0.1) is 0 Å². The molecule has 0 aliphatic carbocycles. The van der Waals surface area contributed by atoms with Gasteiger partial charge in [0.15, 0.2) is 0 Å². The fraction of sp³-hybridized carbons (Fsp3) is 0.281. The molecular weight excluding hydrogens is 544 g/mol. The number of carboxylic acid groups (broad SMARTS) is 1. The number of nitrogens with zero attached hydrogens (tertiary/aromatic N) is 6. The average Bonchev–Trinajstić information content (AvgIpc) is 3.42. The normalized spacial score (nSPS) is 16.7. The minimum absolute atomic E-state index is 0.0847. The zero-order valence-electron chi connectivity index (χ0n) is 24.4. The van der Waals surface area contributed by atoms with Gasteiger partial charge < -0.3 is 25.4 Å². The van der Waals surface area contributed by atoms with E-state index in [1.54, 1.807) is 17.1 Å². The van der Waals surface area contributed by atoms with Gasteiger partial charge in [0.1, 0.15) is 5.75 Å². The molecule has 1 aliphatic rings. The summed E-state index contributed by atoms with van der Waals surface area (Å²) >= 11 is 0. The van der Waals surface area contributed by atoms with E-state index in [1.807, 2.05) is 62.6 Å². The summed E-state index contributed by atoms with van der Waals surface area (Å²) in [6.07, 6.45) is 5.23. The maximum Gasteiger partial charge on any atom is 0.407 e. The van der Waals surface area contributed by atoms with Gasteiger partial charge in [-0.05, 0) is 55.2 Å². The van der Waals surface area contributed by atoms with Crippen molar-refractivity contribution < 1.29 is 14.6 Å². The van der Waals surface area contributed by atoms with Crippen molar-refractivity contribution in [3.8, 4) is 22.9 Å². The number of carbonyl (C=O) groups is 1. The number of anilines is 2. The number of nitrogens with one attached hydrogen (secondary N) is 2. The van der Waals surface area contributed by atoms with Gasteiger partial charge in [-0.2, -0.15) is 5.10 Å². The van der Waals surface area contributed by atoms with Crippen LogP contribution in [0.2, 0.25) is 0 Å². The molecule has 1 amide bonds. The monoisotopic (exact) mass is 578 g/mol. The Morgan fingerprint density at radius 3 is 2.74 bits per heavy atom. The third-order valence-electron chi connectivity index (χ3n) is 7.60. The summed E-state index contributed by atoms with van der Waals surface area (Å²) in [7, 11) is 1.91. The topological polar surface area (TPSA) is 130 Å². The Bertz CT molecular complexity index is 1770. The molecule has 2 atom stereocenters. The Balaban J connectivity index is 1.27. The highest BCUT2D eigenvalue weighted by Crippen LogP contribution is 2.38. The van der Waals surface area contributed by atoms with Crippen LogP contribution in [-0.2, 0) is 13.6 Å². The maximum absolute atomic E-state index is 11.6. The van der Waals surface area contributed by atoms with Crippen LogP contribution in [0.3, 0.4) is 0 Å². The Kier molecular flexibility index (Phi) is 7.78. The number of hydrogen-bond donors (Lipinski definition) is 3. The molecule has 0 spiro atoms. The van der Waals surface area contributed by atoms with Crippen LogP contribution in [0.1, 0.15) is 24.6 Å². The molecule has 2 aromatic carbocycles. The van der Waals surface area contributed by atoms with E-state index in [9.17, 15) is 9.90 Å². The van der Waals surface area contributed by atoms with E-state index >= 15 is 0 Å². The predicted molar refractivity (Wildman–Crippen MR) is 165 cm³/mol. The van der Waals surface area contributed by atoms with Crippen LogP contribution >= 0.6 is 0 Å². The van der Waals surface area contributed by atoms with Crippen LogP contribution in [0.5, 0.6) is 11.6 Å². The molecule has 220 valence electrons. The van der Waals surface area contributed by atoms with Crippen LogP contribution in [0.4, 0.5) is 16.4 Å². The molecule has 3 N–H and O–H groups in total. The molecule has 0 bridgehead atoms. The third-order valence-corrected chi connectivity index (χ3v) is 7.60. The lowest BCUT2D eigenvalue weighted by Crippen LogP contribution is -2.47. The van der Waals surface area contributed by atoms with E-state index in [4.69, 9.17) is 9.72 Å². The van der Waals surface area contributed by atoms with Gasteiger partial charge in [-0.3, -0.25) is 4.68 Å². The number of benzene rings is 2. The summed E-state index contributed by atoms with van der Waals surface area (Å²) in [6, 6.07) is 17.7. The van der Waals surface area contributed by atoms with Crippen molar-refractivity contribution >= 4 is 28.5 Å². The highest BCUT2D eigenvalue weighted by molar-refractivity contribution is 5.98. The van der Waals surface area contributed by atoms with Crippen molar-refractivity contribution in [1.82, 2.24) is 29.6 Å². The zero-order chi connectivity index (χ0) is 29.9. The quantitative estimate of drug-likeness (QED) is 0.205. The molecule has 11 heteroatoms. The number of aryl methyl sites for hydroxylation is 2. The Morgan fingerprint density at radius 1 is 1.05 bits per heavy atom. The largest absolute Gasteiger partial charge is 0.465 e. The molecule has 1 aliphatic heterocycles. The fourth-order valence-electron chi connectivity index (χ4n) is 5.61. The van der Waals surface area contributed by atoms with Gasteiger partial charge in [0, 0.05) is 61.2 Å². The van der Waals surface area contributed by atoms with E-state index in [2.05, 4.69) is 44.8 Å². The first-order chi connectivity index (χ1) is 20.8. The lowest BCUT2D eigenvalue weighted by molar-refractivity contribution is 0.119. The molecule has 1 saturated heterocycles. The maximum atomic E-state index is 11.6. The lowest BCUT2D eigenvalue weighted by Gasteiger charge is -2.35. The highest BCUT2D eigenvalue weighted by Gasteiger charge is 2.28. The Labute approximate surface area is 249 Å². The second kappa shape index (κ2) is 12.0. The summed E-state index contributed by atoms with van der Waals surface area (Å²) in [4.78, 5) is 26.8. The molecule has 5 aromatic rings. The van der Waals surface area contributed by atoms with E-state index < -0.39 is 6.09 Å². The number of hydrogen-bond acceptors (Lipinski definition) is 8. The average molecular weight is 579 g/mol. The van der Waals surface area contributed by atoms with Crippen LogP contribution in [0.15, 0.2) is 73.2 Å².